The fraction of sp³-hybridized carbons (Fsp3) is 0.304. The van der Waals surface area contributed by atoms with Crippen molar-refractivity contribution in [1.29, 1.82) is 0 Å². The number of aryl methyl sites for hydroxylation is 1. The first-order valence-corrected chi connectivity index (χ1v) is 10.6. The summed E-state index contributed by atoms with van der Waals surface area (Å²) >= 11 is 0. The number of aromatic nitrogens is 3. The molecule has 0 amide bonds. The SMILES string of the molecule is Cc1c(-c2ccc3oc(N)nc3c2)ccc2ncc(N3CC(N4CC=NCC4)C3)nc12. The molecule has 4 heterocycles. The maximum atomic E-state index is 5.69. The van der Waals surface area contributed by atoms with E-state index in [1.807, 2.05) is 36.7 Å². The number of nitrogen functional groups attached to an aromatic ring is 1. The molecule has 4 aromatic rings. The summed E-state index contributed by atoms with van der Waals surface area (Å²) in [4.78, 5) is 23.1. The van der Waals surface area contributed by atoms with Gasteiger partial charge in [0.1, 0.15) is 11.3 Å². The van der Waals surface area contributed by atoms with Gasteiger partial charge in [0.2, 0.25) is 0 Å². The van der Waals surface area contributed by atoms with Crippen LogP contribution in [0.25, 0.3) is 33.3 Å². The van der Waals surface area contributed by atoms with Gasteiger partial charge in [-0.05, 0) is 41.8 Å². The summed E-state index contributed by atoms with van der Waals surface area (Å²) in [7, 11) is 0. The molecule has 0 saturated carbocycles. The minimum Gasteiger partial charge on any atom is -0.424 e. The zero-order chi connectivity index (χ0) is 20.9. The Morgan fingerprint density at radius 3 is 2.84 bits per heavy atom. The normalized spacial score (nSPS) is 17.5. The zero-order valence-corrected chi connectivity index (χ0v) is 17.3. The van der Waals surface area contributed by atoms with Crippen molar-refractivity contribution in [3.63, 3.8) is 0 Å². The summed E-state index contributed by atoms with van der Waals surface area (Å²) in [6.45, 7) is 6.97. The third-order valence-corrected chi connectivity index (χ3v) is 6.33. The summed E-state index contributed by atoms with van der Waals surface area (Å²) in [5.74, 6) is 0.939. The second-order valence-electron chi connectivity index (χ2n) is 8.21. The van der Waals surface area contributed by atoms with Crippen LogP contribution in [0.3, 0.4) is 0 Å². The highest BCUT2D eigenvalue weighted by atomic mass is 16.4. The van der Waals surface area contributed by atoms with E-state index in [2.05, 4.69) is 37.8 Å². The fourth-order valence-electron chi connectivity index (χ4n) is 4.52. The summed E-state index contributed by atoms with van der Waals surface area (Å²) in [5, 5.41) is 0. The van der Waals surface area contributed by atoms with Crippen molar-refractivity contribution in [2.75, 3.05) is 43.4 Å². The maximum Gasteiger partial charge on any atom is 0.292 e. The number of nitrogens with two attached hydrogens (primary N) is 1. The molecule has 8 nitrogen and oxygen atoms in total. The van der Waals surface area contributed by atoms with Gasteiger partial charge in [0, 0.05) is 38.4 Å². The zero-order valence-electron chi connectivity index (χ0n) is 17.3. The molecule has 0 aliphatic carbocycles. The predicted molar refractivity (Wildman–Crippen MR) is 123 cm³/mol. The van der Waals surface area contributed by atoms with Gasteiger partial charge >= 0.3 is 0 Å². The van der Waals surface area contributed by atoms with Gasteiger partial charge in [0.15, 0.2) is 5.58 Å². The lowest BCUT2D eigenvalue weighted by atomic mass is 9.99. The third kappa shape index (κ3) is 3.11. The van der Waals surface area contributed by atoms with E-state index < -0.39 is 0 Å². The molecule has 1 saturated heterocycles. The highest BCUT2D eigenvalue weighted by Crippen LogP contribution is 2.32. The molecule has 2 aromatic carbocycles. The average Bonchev–Trinajstić information content (AvgIpc) is 3.13. The van der Waals surface area contributed by atoms with Crippen LogP contribution in [0.5, 0.6) is 0 Å². The van der Waals surface area contributed by atoms with Crippen LogP contribution in [0, 0.1) is 6.92 Å². The summed E-state index contributed by atoms with van der Waals surface area (Å²) in [6.07, 6.45) is 3.91. The van der Waals surface area contributed by atoms with Gasteiger partial charge in [-0.1, -0.05) is 12.1 Å². The van der Waals surface area contributed by atoms with Crippen molar-refractivity contribution in [2.45, 2.75) is 13.0 Å². The van der Waals surface area contributed by atoms with Crippen LogP contribution in [0.15, 0.2) is 45.9 Å². The number of benzene rings is 2. The van der Waals surface area contributed by atoms with Gasteiger partial charge < -0.3 is 15.1 Å². The Hall–Kier alpha value is -3.52. The second kappa shape index (κ2) is 7.02. The molecule has 0 bridgehead atoms. The smallest absolute Gasteiger partial charge is 0.292 e. The van der Waals surface area contributed by atoms with Crippen LogP contribution < -0.4 is 10.6 Å². The van der Waals surface area contributed by atoms with Crippen molar-refractivity contribution in [3.05, 3.63) is 42.1 Å². The number of nitrogens with zero attached hydrogens (tertiary/aromatic N) is 6. The highest BCUT2D eigenvalue weighted by Gasteiger charge is 2.33. The van der Waals surface area contributed by atoms with E-state index in [0.29, 0.717) is 11.6 Å². The highest BCUT2D eigenvalue weighted by molar-refractivity contribution is 5.89. The van der Waals surface area contributed by atoms with E-state index in [9.17, 15) is 0 Å². The molecule has 0 radical (unpaired) electrons. The summed E-state index contributed by atoms with van der Waals surface area (Å²) in [6, 6.07) is 10.8. The largest absolute Gasteiger partial charge is 0.424 e. The quantitative estimate of drug-likeness (QED) is 0.552. The lowest BCUT2D eigenvalue weighted by Gasteiger charge is -2.46. The number of anilines is 2. The van der Waals surface area contributed by atoms with Crippen molar-refractivity contribution in [3.8, 4) is 11.1 Å². The monoisotopic (exact) mass is 413 g/mol. The molecule has 2 aliphatic heterocycles. The van der Waals surface area contributed by atoms with Crippen LogP contribution in [-0.2, 0) is 0 Å². The van der Waals surface area contributed by atoms with Crippen LogP contribution in [-0.4, -0.2) is 64.8 Å². The number of aliphatic imine (C=N–C) groups is 1. The van der Waals surface area contributed by atoms with Gasteiger partial charge in [0.25, 0.3) is 6.01 Å². The molecule has 0 spiro atoms. The number of hydrogen-bond donors (Lipinski definition) is 1. The Balaban J connectivity index is 1.31. The van der Waals surface area contributed by atoms with Crippen molar-refractivity contribution < 1.29 is 4.42 Å². The topological polar surface area (TPSA) is 96.7 Å². The minimum absolute atomic E-state index is 0.183. The van der Waals surface area contributed by atoms with Gasteiger partial charge in [0.05, 0.1) is 23.8 Å². The standard InChI is InChI=1S/C23H23N7O/c1-14-17(15-2-5-20-19(10-15)27-23(24)31-20)3-4-18-22(14)28-21(11-26-18)30-12-16(13-30)29-8-6-25-7-9-29/h2-6,10-11,16H,7-9,12-13H2,1H3,(H2,24,27). The maximum absolute atomic E-state index is 5.69. The first-order valence-electron chi connectivity index (χ1n) is 10.6. The van der Waals surface area contributed by atoms with Gasteiger partial charge in [-0.25, -0.2) is 4.98 Å². The molecular weight excluding hydrogens is 390 g/mol. The van der Waals surface area contributed by atoms with Crippen molar-refractivity contribution in [1.82, 2.24) is 19.9 Å². The minimum atomic E-state index is 0.183. The molecule has 156 valence electrons. The van der Waals surface area contributed by atoms with E-state index in [1.165, 1.54) is 0 Å². The van der Waals surface area contributed by atoms with E-state index in [0.717, 1.165) is 71.8 Å². The van der Waals surface area contributed by atoms with E-state index >= 15 is 0 Å². The molecular formula is C23H23N7O. The number of fused-ring (bicyclic) bond motifs is 2. The van der Waals surface area contributed by atoms with Crippen LogP contribution in [0.1, 0.15) is 5.56 Å². The number of rotatable bonds is 3. The molecule has 2 N–H and O–H groups in total. The Morgan fingerprint density at radius 1 is 1.10 bits per heavy atom. The van der Waals surface area contributed by atoms with Gasteiger partial charge in [-0.15, -0.1) is 0 Å². The van der Waals surface area contributed by atoms with Crippen molar-refractivity contribution in [2.24, 2.45) is 4.99 Å². The number of hydrogen-bond acceptors (Lipinski definition) is 8. The Bertz CT molecular complexity index is 1320. The average molecular weight is 413 g/mol. The van der Waals surface area contributed by atoms with Crippen LogP contribution in [0.2, 0.25) is 0 Å². The Kier molecular flexibility index (Phi) is 4.14. The van der Waals surface area contributed by atoms with Crippen LogP contribution >= 0.6 is 0 Å². The fourth-order valence-corrected chi connectivity index (χ4v) is 4.52. The molecule has 1 fully saturated rings. The lowest BCUT2D eigenvalue weighted by molar-refractivity contribution is 0.190. The Morgan fingerprint density at radius 2 is 2.00 bits per heavy atom. The van der Waals surface area contributed by atoms with E-state index in [4.69, 9.17) is 15.1 Å². The summed E-state index contributed by atoms with van der Waals surface area (Å²) in [5.41, 5.74) is 12.2. The van der Waals surface area contributed by atoms with Crippen molar-refractivity contribution >= 4 is 40.2 Å². The van der Waals surface area contributed by atoms with Gasteiger partial charge in [-0.2, -0.15) is 4.98 Å². The second-order valence-corrected chi connectivity index (χ2v) is 8.21. The molecule has 2 aromatic heterocycles. The molecule has 31 heavy (non-hydrogen) atoms. The summed E-state index contributed by atoms with van der Waals surface area (Å²) < 4.78 is 5.40. The van der Waals surface area contributed by atoms with E-state index in [1.54, 1.807) is 0 Å². The molecule has 0 unspecified atom stereocenters. The molecule has 2 aliphatic rings. The number of oxazole rings is 1. The Labute approximate surface area is 179 Å². The van der Waals surface area contributed by atoms with E-state index in [-0.39, 0.29) is 6.01 Å². The predicted octanol–water partition coefficient (Wildman–Crippen LogP) is 2.90. The van der Waals surface area contributed by atoms with Crippen LogP contribution in [0.4, 0.5) is 11.8 Å². The third-order valence-electron chi connectivity index (χ3n) is 6.33. The molecule has 0 atom stereocenters. The first-order chi connectivity index (χ1) is 15.2. The molecule has 8 heteroatoms. The first kappa shape index (κ1) is 18.3. The molecule has 6 rings (SSSR count). The van der Waals surface area contributed by atoms with Gasteiger partial charge in [-0.3, -0.25) is 14.9 Å². The lowest BCUT2D eigenvalue weighted by Crippen LogP contribution is -2.61.